The van der Waals surface area contributed by atoms with Crippen molar-refractivity contribution in [2.24, 2.45) is 0 Å². The molecule has 0 fully saturated rings. The molecule has 0 aliphatic rings. The summed E-state index contributed by atoms with van der Waals surface area (Å²) in [7, 11) is 5.04. The molecule has 0 aromatic carbocycles. The van der Waals surface area contributed by atoms with Crippen LogP contribution in [0.3, 0.4) is 0 Å². The van der Waals surface area contributed by atoms with Gasteiger partial charge in [0.2, 0.25) is 0 Å². The molecule has 0 aromatic heterocycles. The topological polar surface area (TPSA) is 39.7 Å². The molecule has 0 amide bonds. The summed E-state index contributed by atoms with van der Waals surface area (Å²) in [5, 5.41) is 0. The first-order valence-electron chi connectivity index (χ1n) is 5.71. The van der Waals surface area contributed by atoms with Crippen molar-refractivity contribution in [2.45, 2.75) is 37.8 Å². The van der Waals surface area contributed by atoms with Gasteiger partial charge in [0.05, 0.1) is 0 Å². The molecule has 15 heavy (non-hydrogen) atoms. The molecule has 1 N–H and O–H groups in total. The Morgan fingerprint density at radius 2 is 1.47 bits per heavy atom. The number of hydrogen-bond donors (Lipinski definition) is 1. The van der Waals surface area contributed by atoms with Crippen LogP contribution in [0.25, 0.3) is 0 Å². The van der Waals surface area contributed by atoms with E-state index in [0.29, 0.717) is 0 Å². The molecule has 0 saturated carbocycles. The van der Waals surface area contributed by atoms with Gasteiger partial charge in [-0.3, -0.25) is 0 Å². The quantitative estimate of drug-likeness (QED) is 0.508. The third-order valence-electron chi connectivity index (χ3n) is 2.92. The fourth-order valence-electron chi connectivity index (χ4n) is 1.80. The summed E-state index contributed by atoms with van der Waals surface area (Å²) >= 11 is -3.76. The molecule has 0 aliphatic carbocycles. The molecule has 4 nitrogen and oxygen atoms in total. The van der Waals surface area contributed by atoms with E-state index >= 15 is 0 Å². The monoisotopic (exact) mass is 256 g/mol. The van der Waals surface area contributed by atoms with Gasteiger partial charge in [0.15, 0.2) is 0 Å². The van der Waals surface area contributed by atoms with Gasteiger partial charge in [-0.15, -0.1) is 0 Å². The fraction of sp³-hybridized carbons (Fsp3) is 1.00. The van der Waals surface area contributed by atoms with Crippen molar-refractivity contribution >= 4 is 0 Å². The van der Waals surface area contributed by atoms with E-state index in [-0.39, 0.29) is 0 Å². The molecular formula is C10H26NO3Ti. The van der Waals surface area contributed by atoms with E-state index in [2.05, 4.69) is 17.6 Å². The average Bonchev–Trinajstić information content (AvgIpc) is 2.29. The van der Waals surface area contributed by atoms with Crippen LogP contribution >= 0.6 is 0 Å². The normalized spacial score (nSPS) is 14.9. The van der Waals surface area contributed by atoms with Crippen LogP contribution in [0.15, 0.2) is 0 Å². The molecular weight excluding hydrogens is 230 g/mol. The Bertz CT molecular complexity index is 163. The molecule has 0 aromatic rings. The van der Waals surface area contributed by atoms with Crippen LogP contribution in [-0.2, 0) is 26.7 Å². The first-order chi connectivity index (χ1) is 7.12. The van der Waals surface area contributed by atoms with E-state index in [1.54, 1.807) is 21.3 Å². The van der Waals surface area contributed by atoms with Crippen LogP contribution in [0.4, 0.5) is 0 Å². The van der Waals surface area contributed by atoms with Crippen molar-refractivity contribution < 1.29 is 26.7 Å². The Balaban J connectivity index is 4.62. The Hall–Kier alpha value is 0.554. The van der Waals surface area contributed by atoms with Crippen LogP contribution in [0.5, 0.6) is 0 Å². The maximum absolute atomic E-state index is 5.65. The van der Waals surface area contributed by atoms with Crippen molar-refractivity contribution in [1.29, 1.82) is 0 Å². The first kappa shape index (κ1) is 15.6. The van der Waals surface area contributed by atoms with Gasteiger partial charge < -0.3 is 0 Å². The standard InChI is InChI=1S/C4H10N.C3H7.3CH3O.Ti/c1-2-3-4-5;1-3-2;3*1-2;/h5H,2-4H2,1H3;1,3H2,2H3;3*1H3;/q-1;;3*-1;+4. The van der Waals surface area contributed by atoms with Gasteiger partial charge in [0, 0.05) is 0 Å². The fourth-order valence-corrected chi connectivity index (χ4v) is 6.87. The molecule has 0 unspecified atom stereocenters. The predicted molar refractivity (Wildman–Crippen MR) is 59.0 cm³/mol. The summed E-state index contributed by atoms with van der Waals surface area (Å²) in [5.74, 6) is 0. The molecule has 0 radical (unpaired) electrons. The number of unbranched alkanes of at least 4 members (excludes halogenated alkanes) is 1. The van der Waals surface area contributed by atoms with Crippen LogP contribution in [-0.4, -0.2) is 27.9 Å². The van der Waals surface area contributed by atoms with E-state index in [0.717, 1.165) is 30.5 Å². The van der Waals surface area contributed by atoms with Crippen molar-refractivity contribution in [3.05, 3.63) is 0 Å². The first-order valence-corrected chi connectivity index (χ1v) is 9.51. The van der Waals surface area contributed by atoms with Gasteiger partial charge in [-0.05, 0) is 0 Å². The summed E-state index contributed by atoms with van der Waals surface area (Å²) in [5.41, 5.74) is 0. The van der Waals surface area contributed by atoms with Gasteiger partial charge in [0.25, 0.3) is 0 Å². The number of nitrogens with one attached hydrogen (secondary N) is 1. The third-order valence-corrected chi connectivity index (χ3v) is 10.4. The van der Waals surface area contributed by atoms with Crippen LogP contribution in [0.2, 0.25) is 4.73 Å². The second-order valence-electron chi connectivity index (χ2n) is 3.81. The van der Waals surface area contributed by atoms with E-state index < -0.39 is 16.7 Å². The molecule has 0 spiro atoms. The van der Waals surface area contributed by atoms with Crippen molar-refractivity contribution in [2.75, 3.05) is 27.9 Å². The van der Waals surface area contributed by atoms with Gasteiger partial charge in [-0.2, -0.15) is 0 Å². The summed E-state index contributed by atoms with van der Waals surface area (Å²) in [4.78, 5) is 0. The minimum absolute atomic E-state index is 0.838. The van der Waals surface area contributed by atoms with E-state index in [1.165, 1.54) is 0 Å². The van der Waals surface area contributed by atoms with Gasteiger partial charge in [0.1, 0.15) is 0 Å². The number of hydrogen-bond acceptors (Lipinski definition) is 4. The minimum atomic E-state index is -3.76. The van der Waals surface area contributed by atoms with Gasteiger partial charge in [-0.25, -0.2) is 0 Å². The summed E-state index contributed by atoms with van der Waals surface area (Å²) in [6, 6.07) is 0. The Labute approximate surface area is 96.3 Å². The van der Waals surface area contributed by atoms with Gasteiger partial charge in [-0.1, -0.05) is 0 Å². The van der Waals surface area contributed by atoms with Crippen molar-refractivity contribution in [3.8, 4) is 0 Å². The molecule has 0 atom stereocenters. The third kappa shape index (κ3) is 3.80. The zero-order valence-electron chi connectivity index (χ0n) is 10.8. The van der Waals surface area contributed by atoms with E-state index in [4.69, 9.17) is 9.96 Å². The van der Waals surface area contributed by atoms with E-state index in [1.807, 2.05) is 0 Å². The Kier molecular flexibility index (Phi) is 7.25. The molecule has 0 heterocycles. The molecule has 0 rings (SSSR count). The SMILES string of the molecule is CCCC[NH][Ti]([CH2]CC)([O]C)([O]C)[O]C. The number of rotatable bonds is 9. The Morgan fingerprint density at radius 3 is 1.80 bits per heavy atom. The Morgan fingerprint density at radius 1 is 0.933 bits per heavy atom. The summed E-state index contributed by atoms with van der Waals surface area (Å²) in [6.07, 6.45) is 3.25. The molecule has 0 aliphatic heterocycles. The van der Waals surface area contributed by atoms with Crippen molar-refractivity contribution in [1.82, 2.24) is 3.80 Å². The molecule has 0 saturated heterocycles. The van der Waals surface area contributed by atoms with E-state index in [9.17, 15) is 0 Å². The summed E-state index contributed by atoms with van der Waals surface area (Å²) < 4.78 is 21.2. The molecule has 93 valence electrons. The molecule has 0 bridgehead atoms. The zero-order valence-corrected chi connectivity index (χ0v) is 12.3. The van der Waals surface area contributed by atoms with Crippen LogP contribution < -0.4 is 3.80 Å². The maximum atomic E-state index is 5.65. The second-order valence-corrected chi connectivity index (χ2v) is 10.7. The average molecular weight is 256 g/mol. The van der Waals surface area contributed by atoms with Crippen molar-refractivity contribution in [3.63, 3.8) is 0 Å². The van der Waals surface area contributed by atoms with Crippen LogP contribution in [0.1, 0.15) is 33.1 Å². The molecule has 5 heteroatoms. The zero-order chi connectivity index (χ0) is 11.8. The van der Waals surface area contributed by atoms with Gasteiger partial charge >= 0.3 is 96.2 Å². The predicted octanol–water partition coefficient (Wildman–Crippen LogP) is 2.49. The van der Waals surface area contributed by atoms with Crippen LogP contribution in [0, 0.1) is 0 Å². The second kappa shape index (κ2) is 6.99. The summed E-state index contributed by atoms with van der Waals surface area (Å²) in [6.45, 7) is 5.17.